The molecule has 0 radical (unpaired) electrons. The Kier molecular flexibility index (Phi) is 2.71. The maximum absolute atomic E-state index is 5.52. The van der Waals surface area contributed by atoms with Gasteiger partial charge in [-0.2, -0.15) is 0 Å². The van der Waals surface area contributed by atoms with Crippen LogP contribution < -0.4 is 5.32 Å². The lowest BCUT2D eigenvalue weighted by Gasteiger charge is -2.35. The molecule has 4 nitrogen and oxygen atoms in total. The predicted molar refractivity (Wildman–Crippen MR) is 55.5 cm³/mol. The summed E-state index contributed by atoms with van der Waals surface area (Å²) in [5.74, 6) is -0.443. The average molecular weight is 214 g/mol. The molecule has 2 rings (SSSR count). The van der Waals surface area contributed by atoms with Crippen molar-refractivity contribution in [3.63, 3.8) is 0 Å². The Morgan fingerprint density at radius 2 is 2.21 bits per heavy atom. The van der Waals surface area contributed by atoms with Crippen molar-refractivity contribution in [2.45, 2.75) is 25.7 Å². The van der Waals surface area contributed by atoms with Gasteiger partial charge in [-0.25, -0.2) is 4.98 Å². The number of thiazole rings is 1. The number of aromatic nitrogens is 1. The number of nitrogens with one attached hydrogen (secondary N) is 1. The van der Waals surface area contributed by atoms with Crippen molar-refractivity contribution < 1.29 is 9.47 Å². The maximum Gasteiger partial charge on any atom is 0.182 e. The first-order valence-corrected chi connectivity index (χ1v) is 5.48. The van der Waals surface area contributed by atoms with Crippen LogP contribution in [0.3, 0.4) is 0 Å². The minimum atomic E-state index is -0.443. The van der Waals surface area contributed by atoms with E-state index in [9.17, 15) is 0 Å². The van der Waals surface area contributed by atoms with E-state index in [1.165, 1.54) is 0 Å². The van der Waals surface area contributed by atoms with E-state index in [1.807, 2.05) is 19.2 Å². The summed E-state index contributed by atoms with van der Waals surface area (Å²) in [6.45, 7) is 5.17. The highest BCUT2D eigenvalue weighted by Crippen LogP contribution is 2.20. The lowest BCUT2D eigenvalue weighted by Crippen LogP contribution is -2.45. The number of nitrogens with zero attached hydrogens (tertiary/aromatic N) is 1. The molecular weight excluding hydrogens is 200 g/mol. The van der Waals surface area contributed by atoms with Crippen molar-refractivity contribution >= 4 is 16.5 Å². The molecule has 1 fully saturated rings. The van der Waals surface area contributed by atoms with Crippen molar-refractivity contribution in [2.75, 3.05) is 18.5 Å². The van der Waals surface area contributed by atoms with E-state index in [4.69, 9.17) is 9.47 Å². The van der Waals surface area contributed by atoms with Gasteiger partial charge in [-0.05, 0) is 13.8 Å². The second-order valence-corrected chi connectivity index (χ2v) is 4.59. The fourth-order valence-electron chi connectivity index (χ4n) is 1.25. The van der Waals surface area contributed by atoms with Crippen molar-refractivity contribution in [1.29, 1.82) is 0 Å². The van der Waals surface area contributed by atoms with Gasteiger partial charge in [-0.3, -0.25) is 0 Å². The molecule has 1 aliphatic rings. The molecule has 5 heteroatoms. The second kappa shape index (κ2) is 3.84. The molecule has 1 N–H and O–H groups in total. The van der Waals surface area contributed by atoms with Gasteiger partial charge in [-0.15, -0.1) is 11.3 Å². The first-order chi connectivity index (χ1) is 6.66. The summed E-state index contributed by atoms with van der Waals surface area (Å²) >= 11 is 1.58. The van der Waals surface area contributed by atoms with Crippen molar-refractivity contribution in [2.24, 2.45) is 0 Å². The topological polar surface area (TPSA) is 43.4 Å². The highest BCUT2D eigenvalue weighted by Gasteiger charge is 2.28. The zero-order valence-electron chi connectivity index (χ0n) is 8.32. The predicted octanol–water partition coefficient (Wildman–Crippen LogP) is 1.71. The number of hydrogen-bond acceptors (Lipinski definition) is 5. The molecule has 1 aliphatic heterocycles. The Morgan fingerprint density at radius 3 is 2.79 bits per heavy atom. The largest absolute Gasteiger partial charge is 0.354 e. The van der Waals surface area contributed by atoms with Gasteiger partial charge in [-0.1, -0.05) is 0 Å². The van der Waals surface area contributed by atoms with E-state index < -0.39 is 5.79 Å². The highest BCUT2D eigenvalue weighted by atomic mass is 32.1. The minimum absolute atomic E-state index is 0.203. The molecule has 0 spiro atoms. The number of hydrogen-bond donors (Lipinski definition) is 1. The summed E-state index contributed by atoms with van der Waals surface area (Å²) in [6.07, 6.45) is 1.78. The van der Waals surface area contributed by atoms with Crippen LogP contribution in [0.1, 0.15) is 13.8 Å². The average Bonchev–Trinajstić information content (AvgIpc) is 2.61. The van der Waals surface area contributed by atoms with Gasteiger partial charge in [0.25, 0.3) is 0 Å². The highest BCUT2D eigenvalue weighted by molar-refractivity contribution is 7.13. The van der Waals surface area contributed by atoms with Crippen LogP contribution in [0.25, 0.3) is 0 Å². The van der Waals surface area contributed by atoms with Gasteiger partial charge < -0.3 is 14.8 Å². The zero-order chi connectivity index (χ0) is 10.0. The molecule has 0 atom stereocenters. The van der Waals surface area contributed by atoms with Gasteiger partial charge in [0.2, 0.25) is 0 Å². The lowest BCUT2D eigenvalue weighted by atomic mass is 10.2. The van der Waals surface area contributed by atoms with E-state index in [0.29, 0.717) is 13.2 Å². The minimum Gasteiger partial charge on any atom is -0.354 e. The van der Waals surface area contributed by atoms with Crippen LogP contribution in [0.4, 0.5) is 5.13 Å². The Hall–Kier alpha value is -0.650. The molecule has 0 aliphatic carbocycles. The van der Waals surface area contributed by atoms with Crippen LogP contribution in [0.5, 0.6) is 0 Å². The summed E-state index contributed by atoms with van der Waals surface area (Å²) < 4.78 is 11.0. The van der Waals surface area contributed by atoms with E-state index in [2.05, 4.69) is 10.3 Å². The molecule has 78 valence electrons. The van der Waals surface area contributed by atoms with Crippen LogP contribution in [0.15, 0.2) is 11.6 Å². The standard InChI is InChI=1S/C9H14N2O2S/c1-9(2)12-5-7(6-13-9)11-8-10-3-4-14-8/h3-4,7H,5-6H2,1-2H3,(H,10,11). The summed E-state index contributed by atoms with van der Waals surface area (Å²) in [5, 5.41) is 6.12. The molecule has 0 aromatic carbocycles. The lowest BCUT2D eigenvalue weighted by molar-refractivity contribution is -0.247. The molecule has 0 bridgehead atoms. The first kappa shape index (κ1) is 9.89. The molecule has 14 heavy (non-hydrogen) atoms. The van der Waals surface area contributed by atoms with Crippen LogP contribution >= 0.6 is 11.3 Å². The number of anilines is 1. The molecule has 0 unspecified atom stereocenters. The van der Waals surface area contributed by atoms with Crippen LogP contribution in [-0.2, 0) is 9.47 Å². The van der Waals surface area contributed by atoms with Crippen molar-refractivity contribution in [3.8, 4) is 0 Å². The third-order valence-electron chi connectivity index (χ3n) is 2.02. The fraction of sp³-hybridized carbons (Fsp3) is 0.667. The first-order valence-electron chi connectivity index (χ1n) is 4.60. The molecule has 1 saturated heterocycles. The molecule has 1 aromatic heterocycles. The quantitative estimate of drug-likeness (QED) is 0.814. The fourth-order valence-corrected chi connectivity index (χ4v) is 1.85. The Morgan fingerprint density at radius 1 is 1.50 bits per heavy atom. The van der Waals surface area contributed by atoms with Crippen molar-refractivity contribution in [3.05, 3.63) is 11.6 Å². The van der Waals surface area contributed by atoms with Crippen molar-refractivity contribution in [1.82, 2.24) is 4.98 Å². The molecule has 2 heterocycles. The summed E-state index contributed by atoms with van der Waals surface area (Å²) in [4.78, 5) is 4.14. The Labute approximate surface area is 87.3 Å². The molecule has 0 saturated carbocycles. The zero-order valence-corrected chi connectivity index (χ0v) is 9.13. The summed E-state index contributed by atoms with van der Waals surface area (Å²) in [6, 6.07) is 0.203. The van der Waals surface area contributed by atoms with Crippen LogP contribution in [0.2, 0.25) is 0 Å². The molecule has 0 amide bonds. The summed E-state index contributed by atoms with van der Waals surface area (Å²) in [7, 11) is 0. The SMILES string of the molecule is CC1(C)OCC(Nc2nccs2)CO1. The van der Waals surface area contributed by atoms with Gasteiger partial charge >= 0.3 is 0 Å². The van der Waals surface area contributed by atoms with E-state index in [0.717, 1.165) is 5.13 Å². The van der Waals surface area contributed by atoms with Gasteiger partial charge in [0.15, 0.2) is 10.9 Å². The number of ether oxygens (including phenoxy) is 2. The monoisotopic (exact) mass is 214 g/mol. The van der Waals surface area contributed by atoms with Gasteiger partial charge in [0.1, 0.15) is 0 Å². The van der Waals surface area contributed by atoms with Crippen LogP contribution in [0, 0.1) is 0 Å². The van der Waals surface area contributed by atoms with Gasteiger partial charge in [0.05, 0.1) is 19.3 Å². The third-order valence-corrected chi connectivity index (χ3v) is 2.73. The second-order valence-electron chi connectivity index (χ2n) is 3.70. The Balaban J connectivity index is 1.85. The molecule has 1 aromatic rings. The number of rotatable bonds is 2. The van der Waals surface area contributed by atoms with Crippen LogP contribution in [-0.4, -0.2) is 30.0 Å². The summed E-state index contributed by atoms with van der Waals surface area (Å²) in [5.41, 5.74) is 0. The van der Waals surface area contributed by atoms with E-state index >= 15 is 0 Å². The smallest absolute Gasteiger partial charge is 0.182 e. The van der Waals surface area contributed by atoms with E-state index in [-0.39, 0.29) is 6.04 Å². The Bertz CT molecular complexity index is 277. The third kappa shape index (κ3) is 2.43. The maximum atomic E-state index is 5.52. The molecular formula is C9H14N2O2S. The van der Waals surface area contributed by atoms with E-state index in [1.54, 1.807) is 17.5 Å². The van der Waals surface area contributed by atoms with Gasteiger partial charge in [0, 0.05) is 11.6 Å². The normalized spacial score (nSPS) is 22.1.